The molecule has 43 heavy (non-hydrogen) atoms. The van der Waals surface area contributed by atoms with E-state index in [2.05, 4.69) is 82.9 Å². The molecule has 1 aliphatic rings. The van der Waals surface area contributed by atoms with Gasteiger partial charge in [-0.1, -0.05) is 60.7 Å². The lowest BCUT2D eigenvalue weighted by atomic mass is 10.1. The Kier molecular flexibility index (Phi) is 9.63. The van der Waals surface area contributed by atoms with Crippen LogP contribution in [-0.4, -0.2) is 63.2 Å². The number of para-hydroxylation sites is 1. The standard InChI is InChI=1S/C35H41N7.ClH/c1-25-14-13-19-31(27(25)3)41-23-22-40(26(2)24-41)21-12-11-20-36-33-32-35(38-28(4)37-33)42(30-17-9-6-10-18-30)34(39-32)29-15-7-5-8-16-29;/h5-10,13-19,26H,11-12,20-24H2,1-4H3,(H,36,37,38);1H/t26-;/m0./s1. The van der Waals surface area contributed by atoms with Crippen molar-refractivity contribution in [3.05, 3.63) is 95.8 Å². The Balaban J connectivity index is 0.00000368. The summed E-state index contributed by atoms with van der Waals surface area (Å²) < 4.78 is 2.14. The van der Waals surface area contributed by atoms with Crippen LogP contribution in [0.15, 0.2) is 78.9 Å². The molecule has 7 nitrogen and oxygen atoms in total. The van der Waals surface area contributed by atoms with Crippen LogP contribution in [0, 0.1) is 20.8 Å². The summed E-state index contributed by atoms with van der Waals surface area (Å²) >= 11 is 0. The number of anilines is 2. The van der Waals surface area contributed by atoms with E-state index >= 15 is 0 Å². The molecule has 8 heteroatoms. The molecule has 5 aromatic rings. The first-order valence-electron chi connectivity index (χ1n) is 15.2. The summed E-state index contributed by atoms with van der Waals surface area (Å²) in [5.41, 5.74) is 7.88. The van der Waals surface area contributed by atoms with E-state index in [1.54, 1.807) is 0 Å². The van der Waals surface area contributed by atoms with Crippen molar-refractivity contribution in [2.24, 2.45) is 0 Å². The summed E-state index contributed by atoms with van der Waals surface area (Å²) in [6.45, 7) is 14.0. The van der Waals surface area contributed by atoms with Gasteiger partial charge >= 0.3 is 0 Å². The number of nitrogens with one attached hydrogen (secondary N) is 1. The van der Waals surface area contributed by atoms with Crippen molar-refractivity contribution >= 4 is 35.1 Å². The van der Waals surface area contributed by atoms with E-state index in [-0.39, 0.29) is 12.4 Å². The quantitative estimate of drug-likeness (QED) is 0.181. The molecule has 1 aliphatic heterocycles. The summed E-state index contributed by atoms with van der Waals surface area (Å²) in [4.78, 5) is 19.9. The van der Waals surface area contributed by atoms with E-state index in [1.165, 1.54) is 16.8 Å². The van der Waals surface area contributed by atoms with Crippen molar-refractivity contribution in [1.82, 2.24) is 24.4 Å². The zero-order valence-corrected chi connectivity index (χ0v) is 26.4. The third-order valence-electron chi connectivity index (χ3n) is 8.51. The second-order valence-corrected chi connectivity index (χ2v) is 11.4. The van der Waals surface area contributed by atoms with Gasteiger partial charge in [-0.25, -0.2) is 15.0 Å². The number of benzene rings is 3. The lowest BCUT2D eigenvalue weighted by Gasteiger charge is -2.41. The first kappa shape index (κ1) is 30.5. The number of aromatic nitrogens is 4. The monoisotopic (exact) mass is 595 g/mol. The molecule has 0 spiro atoms. The van der Waals surface area contributed by atoms with E-state index in [4.69, 9.17) is 15.0 Å². The Hall–Kier alpha value is -3.94. The minimum Gasteiger partial charge on any atom is -0.368 e. The zero-order valence-electron chi connectivity index (χ0n) is 25.6. The fourth-order valence-corrected chi connectivity index (χ4v) is 6.06. The molecule has 224 valence electrons. The van der Waals surface area contributed by atoms with E-state index in [0.717, 1.165) is 85.4 Å². The van der Waals surface area contributed by atoms with Gasteiger partial charge in [-0.05, 0) is 76.4 Å². The van der Waals surface area contributed by atoms with Crippen molar-refractivity contribution in [2.45, 2.75) is 46.6 Å². The number of aryl methyl sites for hydroxylation is 2. The second kappa shape index (κ2) is 13.6. The molecular formula is C35H42ClN7. The number of fused-ring (bicyclic) bond motifs is 1. The highest BCUT2D eigenvalue weighted by Gasteiger charge is 2.24. The highest BCUT2D eigenvalue weighted by Crippen LogP contribution is 2.31. The molecule has 1 atom stereocenters. The lowest BCUT2D eigenvalue weighted by molar-refractivity contribution is 0.186. The predicted octanol–water partition coefficient (Wildman–Crippen LogP) is 7.23. The number of imidazole rings is 1. The fourth-order valence-electron chi connectivity index (χ4n) is 6.06. The van der Waals surface area contributed by atoms with Crippen molar-refractivity contribution in [3.63, 3.8) is 0 Å². The molecule has 0 radical (unpaired) electrons. The number of unbranched alkanes of at least 4 members (excludes halogenated alkanes) is 1. The predicted molar refractivity (Wildman–Crippen MR) is 181 cm³/mol. The number of halogens is 1. The van der Waals surface area contributed by atoms with Gasteiger partial charge in [0.2, 0.25) is 0 Å². The Morgan fingerprint density at radius 3 is 2.30 bits per heavy atom. The van der Waals surface area contributed by atoms with Crippen LogP contribution in [0.1, 0.15) is 36.7 Å². The largest absolute Gasteiger partial charge is 0.368 e. The molecule has 3 heterocycles. The topological polar surface area (TPSA) is 62.1 Å². The molecule has 0 amide bonds. The Morgan fingerprint density at radius 1 is 0.814 bits per heavy atom. The molecule has 0 saturated carbocycles. The Labute approximate surface area is 261 Å². The molecule has 0 aliphatic carbocycles. The van der Waals surface area contributed by atoms with Gasteiger partial charge in [0.15, 0.2) is 17.0 Å². The van der Waals surface area contributed by atoms with Gasteiger partial charge in [-0.3, -0.25) is 9.47 Å². The Morgan fingerprint density at radius 2 is 1.56 bits per heavy atom. The molecule has 1 fully saturated rings. The minimum absolute atomic E-state index is 0. The zero-order chi connectivity index (χ0) is 29.1. The van der Waals surface area contributed by atoms with Crippen molar-refractivity contribution in [3.8, 4) is 17.1 Å². The third kappa shape index (κ3) is 6.53. The van der Waals surface area contributed by atoms with Gasteiger partial charge in [-0.15, -0.1) is 12.4 Å². The number of rotatable bonds is 9. The summed E-state index contributed by atoms with van der Waals surface area (Å²) in [6, 6.07) is 27.8. The molecule has 0 bridgehead atoms. The van der Waals surface area contributed by atoms with E-state index in [9.17, 15) is 0 Å². The first-order valence-corrected chi connectivity index (χ1v) is 15.2. The third-order valence-corrected chi connectivity index (χ3v) is 8.51. The van der Waals surface area contributed by atoms with Crippen LogP contribution < -0.4 is 10.2 Å². The molecule has 3 aromatic carbocycles. The fraction of sp³-hybridized carbons (Fsp3) is 0.343. The van der Waals surface area contributed by atoms with E-state index in [0.29, 0.717) is 6.04 Å². The number of piperazine rings is 1. The molecule has 1 saturated heterocycles. The molecule has 2 aromatic heterocycles. The maximum Gasteiger partial charge on any atom is 0.170 e. The first-order chi connectivity index (χ1) is 20.5. The normalized spacial score (nSPS) is 15.4. The minimum atomic E-state index is 0. The van der Waals surface area contributed by atoms with Crippen LogP contribution in [0.2, 0.25) is 0 Å². The van der Waals surface area contributed by atoms with Crippen LogP contribution in [-0.2, 0) is 0 Å². The number of hydrogen-bond donors (Lipinski definition) is 1. The summed E-state index contributed by atoms with van der Waals surface area (Å²) in [5, 5.41) is 3.61. The van der Waals surface area contributed by atoms with Crippen molar-refractivity contribution in [1.29, 1.82) is 0 Å². The highest BCUT2D eigenvalue weighted by molar-refractivity contribution is 5.88. The summed E-state index contributed by atoms with van der Waals surface area (Å²) in [5.74, 6) is 2.41. The van der Waals surface area contributed by atoms with Gasteiger partial charge < -0.3 is 10.2 Å². The van der Waals surface area contributed by atoms with E-state index < -0.39 is 0 Å². The SMILES string of the molecule is Cc1nc(NCCCCN2CCN(c3cccc(C)c3C)C[C@@H]2C)c2nc(-c3ccccc3)n(-c3ccccc3)c2n1.Cl. The second-order valence-electron chi connectivity index (χ2n) is 11.4. The maximum atomic E-state index is 5.09. The van der Waals surface area contributed by atoms with Crippen LogP contribution >= 0.6 is 12.4 Å². The van der Waals surface area contributed by atoms with Gasteiger partial charge in [0.25, 0.3) is 0 Å². The lowest BCUT2D eigenvalue weighted by Crippen LogP contribution is -2.52. The molecule has 6 rings (SSSR count). The number of nitrogens with zero attached hydrogens (tertiary/aromatic N) is 6. The average molecular weight is 596 g/mol. The van der Waals surface area contributed by atoms with Gasteiger partial charge in [0.05, 0.1) is 0 Å². The summed E-state index contributed by atoms with van der Waals surface area (Å²) in [6.07, 6.45) is 2.21. The molecule has 0 unspecified atom stereocenters. The summed E-state index contributed by atoms with van der Waals surface area (Å²) in [7, 11) is 0. The van der Waals surface area contributed by atoms with Gasteiger partial charge in [0, 0.05) is 49.2 Å². The van der Waals surface area contributed by atoms with Gasteiger partial charge in [0.1, 0.15) is 11.6 Å². The average Bonchev–Trinajstić information content (AvgIpc) is 3.39. The van der Waals surface area contributed by atoms with Crippen LogP contribution in [0.4, 0.5) is 11.5 Å². The Bertz CT molecular complexity index is 1650. The van der Waals surface area contributed by atoms with Crippen LogP contribution in [0.3, 0.4) is 0 Å². The molecule has 1 N–H and O–H groups in total. The van der Waals surface area contributed by atoms with Crippen LogP contribution in [0.5, 0.6) is 0 Å². The highest BCUT2D eigenvalue weighted by atomic mass is 35.5. The van der Waals surface area contributed by atoms with Gasteiger partial charge in [-0.2, -0.15) is 0 Å². The molecular weight excluding hydrogens is 554 g/mol. The van der Waals surface area contributed by atoms with Crippen molar-refractivity contribution in [2.75, 3.05) is 42.9 Å². The maximum absolute atomic E-state index is 5.09. The smallest absolute Gasteiger partial charge is 0.170 e. The van der Waals surface area contributed by atoms with Crippen LogP contribution in [0.25, 0.3) is 28.2 Å². The van der Waals surface area contributed by atoms with Crippen molar-refractivity contribution < 1.29 is 0 Å². The van der Waals surface area contributed by atoms with E-state index in [1.807, 2.05) is 43.3 Å². The number of hydrogen-bond acceptors (Lipinski definition) is 6.